The third kappa shape index (κ3) is 4.19. The molecule has 1 saturated heterocycles. The van der Waals surface area contributed by atoms with Crippen LogP contribution in [0.5, 0.6) is 0 Å². The predicted octanol–water partition coefficient (Wildman–Crippen LogP) is 2.16. The lowest BCUT2D eigenvalue weighted by Crippen LogP contribution is -2.43. The Morgan fingerprint density at radius 2 is 1.82 bits per heavy atom. The minimum Gasteiger partial charge on any atom is -0.577 e. The van der Waals surface area contributed by atoms with Crippen molar-refractivity contribution in [2.45, 2.75) is 24.7 Å². The van der Waals surface area contributed by atoms with E-state index in [1.807, 2.05) is 29.6 Å². The van der Waals surface area contributed by atoms with Crippen LogP contribution in [0.25, 0.3) is 11.1 Å². The third-order valence-electron chi connectivity index (χ3n) is 6.45. The van der Waals surface area contributed by atoms with E-state index in [1.165, 1.54) is 11.3 Å². The molecule has 0 bridgehead atoms. The van der Waals surface area contributed by atoms with E-state index in [1.54, 1.807) is 12.4 Å². The van der Waals surface area contributed by atoms with Crippen LogP contribution in [0.15, 0.2) is 47.0 Å². The summed E-state index contributed by atoms with van der Waals surface area (Å²) in [5.74, 6) is 0.542. The molecule has 2 aliphatic rings. The van der Waals surface area contributed by atoms with E-state index in [0.717, 1.165) is 67.3 Å². The zero-order valence-electron chi connectivity index (χ0n) is 18.2. The van der Waals surface area contributed by atoms with Crippen molar-refractivity contribution in [1.82, 2.24) is 20.3 Å². The van der Waals surface area contributed by atoms with Crippen molar-refractivity contribution in [3.05, 3.63) is 53.3 Å². The van der Waals surface area contributed by atoms with Gasteiger partial charge in [0.25, 0.3) is 0 Å². The van der Waals surface area contributed by atoms with Crippen molar-refractivity contribution in [1.29, 1.82) is 5.41 Å². The SMILES string of the molecule is N=C(N=C([OH2+])c1csc(N2CCNCC2)n1)C1(c2ccc(-c3cnc(N)nc3)cc2)CCC1. The first-order valence-electron chi connectivity index (χ1n) is 11.0. The maximum atomic E-state index is 8.77. The molecule has 3 aromatic rings. The Balaban J connectivity index is 1.35. The maximum absolute atomic E-state index is 8.77. The number of nitrogens with zero attached hydrogens (tertiary/aromatic N) is 5. The molecular formula is C23H27N8OS+. The lowest BCUT2D eigenvalue weighted by atomic mass is 9.63. The van der Waals surface area contributed by atoms with Crippen molar-refractivity contribution in [2.24, 2.45) is 4.99 Å². The lowest BCUT2D eigenvalue weighted by Gasteiger charge is -2.41. The molecular weight excluding hydrogens is 436 g/mol. The molecule has 1 aliphatic heterocycles. The first-order chi connectivity index (χ1) is 16.0. The van der Waals surface area contributed by atoms with Crippen molar-refractivity contribution in [3.63, 3.8) is 0 Å². The average molecular weight is 464 g/mol. The summed E-state index contributed by atoms with van der Waals surface area (Å²) < 4.78 is 0. The number of aromatic nitrogens is 3. The summed E-state index contributed by atoms with van der Waals surface area (Å²) in [6, 6.07) is 8.12. The minimum atomic E-state index is -0.445. The number of anilines is 2. The van der Waals surface area contributed by atoms with Crippen LogP contribution in [-0.4, -0.2) is 58.0 Å². The molecule has 0 spiro atoms. The first-order valence-corrected chi connectivity index (χ1v) is 11.9. The largest absolute Gasteiger partial charge is 0.577 e. The highest BCUT2D eigenvalue weighted by molar-refractivity contribution is 7.13. The topological polar surface area (TPSA) is 139 Å². The number of nitrogens with one attached hydrogen (secondary N) is 2. The van der Waals surface area contributed by atoms with Gasteiger partial charge in [-0.2, -0.15) is 0 Å². The van der Waals surface area contributed by atoms with Gasteiger partial charge in [0, 0.05) is 49.5 Å². The summed E-state index contributed by atoms with van der Waals surface area (Å²) in [4.78, 5) is 19.4. The molecule has 5 rings (SSSR count). The van der Waals surface area contributed by atoms with Gasteiger partial charge >= 0.3 is 5.90 Å². The zero-order chi connectivity index (χ0) is 22.8. The monoisotopic (exact) mass is 463 g/mol. The van der Waals surface area contributed by atoms with Crippen molar-refractivity contribution >= 4 is 34.2 Å². The number of hydrogen-bond donors (Lipinski definition) is 3. The standard InChI is InChI=1S/C23H26N8OS/c24-20(30-19(32)18-14-33-22(29-18)31-10-8-26-9-11-31)23(6-1-7-23)17-4-2-15(3-5-17)16-12-27-21(25)28-13-16/h2-5,12-14,26H,1,6-11H2,(H2,24,30,32)(H2,25,27,28)/p+1. The van der Waals surface area contributed by atoms with Gasteiger partial charge < -0.3 is 21.1 Å². The fraction of sp³-hybridized carbons (Fsp3) is 0.348. The number of thiazole rings is 1. The van der Waals surface area contributed by atoms with E-state index in [0.29, 0.717) is 5.69 Å². The van der Waals surface area contributed by atoms with Gasteiger partial charge in [-0.05, 0) is 24.0 Å². The number of nitrogens with two attached hydrogens (primary N) is 1. The summed E-state index contributed by atoms with van der Waals surface area (Å²) in [7, 11) is 0. The zero-order valence-corrected chi connectivity index (χ0v) is 19.0. The van der Waals surface area contributed by atoms with Crippen LogP contribution < -0.4 is 16.0 Å². The van der Waals surface area contributed by atoms with E-state index < -0.39 is 5.41 Å². The van der Waals surface area contributed by atoms with Gasteiger partial charge in [-0.3, -0.25) is 5.41 Å². The van der Waals surface area contributed by atoms with Gasteiger partial charge in [0.1, 0.15) is 5.84 Å². The van der Waals surface area contributed by atoms with Gasteiger partial charge in [-0.25, -0.2) is 15.0 Å². The molecule has 0 radical (unpaired) electrons. The number of rotatable bonds is 5. The van der Waals surface area contributed by atoms with Crippen LogP contribution in [0.1, 0.15) is 30.5 Å². The van der Waals surface area contributed by atoms with Crippen LogP contribution in [0.3, 0.4) is 0 Å². The molecule has 0 unspecified atom stereocenters. The number of amidine groups is 1. The van der Waals surface area contributed by atoms with E-state index in [9.17, 15) is 0 Å². The molecule has 6 N–H and O–H groups in total. The van der Waals surface area contributed by atoms with Crippen molar-refractivity contribution in [3.8, 4) is 11.1 Å². The van der Waals surface area contributed by atoms with E-state index in [2.05, 4.69) is 30.2 Å². The number of benzene rings is 1. The Hall–Kier alpha value is -3.37. The number of aliphatic imine (C=N–C) groups is 1. The van der Waals surface area contributed by atoms with Gasteiger partial charge in [-0.15, -0.1) is 16.3 Å². The van der Waals surface area contributed by atoms with Crippen LogP contribution in [0.4, 0.5) is 11.1 Å². The van der Waals surface area contributed by atoms with E-state index >= 15 is 0 Å². The predicted molar refractivity (Wildman–Crippen MR) is 132 cm³/mol. The number of hydrogen-bond acceptors (Lipinski definition) is 8. The Bertz CT molecular complexity index is 1160. The highest BCUT2D eigenvalue weighted by atomic mass is 32.1. The highest BCUT2D eigenvalue weighted by Gasteiger charge is 2.43. The van der Waals surface area contributed by atoms with Gasteiger partial charge in [-0.1, -0.05) is 30.7 Å². The molecule has 2 aromatic heterocycles. The van der Waals surface area contributed by atoms with Crippen LogP contribution in [0.2, 0.25) is 0 Å². The molecule has 1 saturated carbocycles. The van der Waals surface area contributed by atoms with Gasteiger partial charge in [0.05, 0.1) is 5.41 Å². The molecule has 0 atom stereocenters. The first kappa shape index (κ1) is 21.5. The second kappa shape index (κ2) is 8.87. The van der Waals surface area contributed by atoms with Crippen LogP contribution >= 0.6 is 11.3 Å². The van der Waals surface area contributed by atoms with Gasteiger partial charge in [0.15, 0.2) is 10.8 Å². The van der Waals surface area contributed by atoms with E-state index in [4.69, 9.17) is 16.2 Å². The van der Waals surface area contributed by atoms with Crippen LogP contribution in [-0.2, 0) is 5.41 Å². The molecule has 9 nitrogen and oxygen atoms in total. The lowest BCUT2D eigenvalue weighted by molar-refractivity contribution is 0.336. The average Bonchev–Trinajstić information content (AvgIpc) is 3.31. The highest BCUT2D eigenvalue weighted by Crippen LogP contribution is 2.45. The summed E-state index contributed by atoms with van der Waals surface area (Å²) >= 11 is 1.53. The third-order valence-corrected chi connectivity index (χ3v) is 7.35. The van der Waals surface area contributed by atoms with Gasteiger partial charge in [0.2, 0.25) is 5.95 Å². The Labute approximate surface area is 196 Å². The Morgan fingerprint density at radius 1 is 1.12 bits per heavy atom. The summed E-state index contributed by atoms with van der Waals surface area (Å²) in [5.41, 5.74) is 8.61. The number of piperazine rings is 1. The van der Waals surface area contributed by atoms with Crippen LogP contribution in [0, 0.1) is 5.41 Å². The summed E-state index contributed by atoms with van der Waals surface area (Å²) in [6.45, 7) is 3.70. The molecule has 2 fully saturated rings. The fourth-order valence-corrected chi connectivity index (χ4v) is 5.18. The number of nitrogen functional groups attached to an aromatic ring is 1. The Morgan fingerprint density at radius 3 is 2.45 bits per heavy atom. The van der Waals surface area contributed by atoms with Crippen molar-refractivity contribution in [2.75, 3.05) is 36.8 Å². The molecule has 170 valence electrons. The quantitative estimate of drug-likeness (QED) is 0.301. The molecule has 0 amide bonds. The second-order valence-corrected chi connectivity index (χ2v) is 9.24. The molecule has 1 aliphatic carbocycles. The smallest absolute Gasteiger partial charge is 0.386 e. The van der Waals surface area contributed by atoms with Crippen molar-refractivity contribution < 1.29 is 5.11 Å². The fourth-order valence-electron chi connectivity index (χ4n) is 4.31. The minimum absolute atomic E-state index is 0.0551. The second-order valence-electron chi connectivity index (χ2n) is 8.40. The summed E-state index contributed by atoms with van der Waals surface area (Å²) in [6.07, 6.45) is 6.17. The maximum Gasteiger partial charge on any atom is 0.386 e. The summed E-state index contributed by atoms with van der Waals surface area (Å²) in [5, 5.41) is 23.4. The molecule has 10 heteroatoms. The normalized spacial score (nSPS) is 18.1. The molecule has 33 heavy (non-hydrogen) atoms. The molecule has 3 heterocycles. The Kier molecular flexibility index (Phi) is 5.77. The van der Waals surface area contributed by atoms with E-state index in [-0.39, 0.29) is 17.7 Å². The molecule has 1 aromatic carbocycles.